The summed E-state index contributed by atoms with van der Waals surface area (Å²) in [7, 11) is 0. The van der Waals surface area contributed by atoms with Crippen molar-refractivity contribution < 1.29 is 24.6 Å². The SMILES string of the molecule is O=C(NCc1ccccc1Cl)C1CCN(CC2CC=CCC2)CC1.O=C(O)C(=O)O. The first-order chi connectivity index (χ1) is 14.4. The second-order valence-electron chi connectivity index (χ2n) is 7.64. The number of hydrogen-bond donors (Lipinski definition) is 3. The first kappa shape index (κ1) is 23.9. The molecule has 1 aromatic rings. The van der Waals surface area contributed by atoms with Gasteiger partial charge in [0.05, 0.1) is 0 Å². The summed E-state index contributed by atoms with van der Waals surface area (Å²) in [6.45, 7) is 3.81. The predicted molar refractivity (Wildman–Crippen MR) is 114 cm³/mol. The third-order valence-corrected chi connectivity index (χ3v) is 5.82. The molecule has 1 atom stereocenters. The predicted octanol–water partition coefficient (Wildman–Crippen LogP) is 3.18. The minimum atomic E-state index is -1.82. The molecule has 3 N–H and O–H groups in total. The van der Waals surface area contributed by atoms with Crippen molar-refractivity contribution in [2.24, 2.45) is 11.8 Å². The largest absolute Gasteiger partial charge is 0.473 e. The second kappa shape index (κ2) is 12.3. The van der Waals surface area contributed by atoms with Crippen LogP contribution in [0.5, 0.6) is 0 Å². The van der Waals surface area contributed by atoms with Crippen LogP contribution in [0.25, 0.3) is 0 Å². The molecule has 0 spiro atoms. The molecule has 7 nitrogen and oxygen atoms in total. The molecule has 0 bridgehead atoms. The lowest BCUT2D eigenvalue weighted by Gasteiger charge is -2.34. The Morgan fingerprint density at radius 3 is 2.27 bits per heavy atom. The Balaban J connectivity index is 0.000000469. The molecule has 0 saturated carbocycles. The van der Waals surface area contributed by atoms with Crippen LogP contribution in [0.15, 0.2) is 36.4 Å². The lowest BCUT2D eigenvalue weighted by Crippen LogP contribution is -2.42. The maximum Gasteiger partial charge on any atom is 0.414 e. The van der Waals surface area contributed by atoms with Crippen molar-refractivity contribution in [2.45, 2.75) is 38.6 Å². The van der Waals surface area contributed by atoms with Crippen molar-refractivity contribution in [1.82, 2.24) is 10.2 Å². The summed E-state index contributed by atoms with van der Waals surface area (Å²) in [5.74, 6) is -2.52. The van der Waals surface area contributed by atoms with E-state index in [1.807, 2.05) is 24.3 Å². The van der Waals surface area contributed by atoms with Gasteiger partial charge in [0.15, 0.2) is 0 Å². The Hall–Kier alpha value is -2.38. The molecule has 0 aromatic heterocycles. The highest BCUT2D eigenvalue weighted by molar-refractivity contribution is 6.31. The van der Waals surface area contributed by atoms with Gasteiger partial charge in [0.1, 0.15) is 0 Å². The lowest BCUT2D eigenvalue weighted by atomic mass is 9.91. The average molecular weight is 437 g/mol. The fourth-order valence-electron chi connectivity index (χ4n) is 3.73. The number of amides is 1. The van der Waals surface area contributed by atoms with Gasteiger partial charge in [-0.1, -0.05) is 42.0 Å². The fraction of sp³-hybridized carbons (Fsp3) is 0.500. The number of benzene rings is 1. The summed E-state index contributed by atoms with van der Waals surface area (Å²) in [5, 5.41) is 18.6. The summed E-state index contributed by atoms with van der Waals surface area (Å²) in [4.78, 5) is 33.1. The molecule has 0 radical (unpaired) electrons. The standard InChI is InChI=1S/C20H27ClN2O.C2H2O4/c21-19-9-5-4-8-18(19)14-22-20(24)17-10-12-23(13-11-17)15-16-6-2-1-3-7-16;3-1(4)2(5)6/h1-2,4-5,8-9,16-17H,3,6-7,10-15H2,(H,22,24);(H,3,4)(H,5,6). The Kier molecular flexibility index (Phi) is 9.83. The molecule has 1 aliphatic carbocycles. The van der Waals surface area contributed by atoms with Gasteiger partial charge in [-0.3, -0.25) is 4.79 Å². The van der Waals surface area contributed by atoms with Gasteiger partial charge in [-0.2, -0.15) is 0 Å². The van der Waals surface area contributed by atoms with Crippen LogP contribution in [0.3, 0.4) is 0 Å². The van der Waals surface area contributed by atoms with Gasteiger partial charge in [-0.15, -0.1) is 0 Å². The molecule has 1 fully saturated rings. The van der Waals surface area contributed by atoms with Crippen LogP contribution < -0.4 is 5.32 Å². The number of likely N-dealkylation sites (tertiary alicyclic amines) is 1. The molecule has 1 unspecified atom stereocenters. The zero-order chi connectivity index (χ0) is 21.9. The normalized spacial score (nSPS) is 19.4. The van der Waals surface area contributed by atoms with E-state index >= 15 is 0 Å². The number of carbonyl (C=O) groups is 3. The number of rotatable bonds is 5. The van der Waals surface area contributed by atoms with Gasteiger partial charge in [-0.25, -0.2) is 9.59 Å². The average Bonchev–Trinajstić information content (AvgIpc) is 2.74. The molecule has 1 amide bonds. The van der Waals surface area contributed by atoms with E-state index in [1.165, 1.54) is 25.8 Å². The van der Waals surface area contributed by atoms with E-state index in [1.54, 1.807) is 0 Å². The van der Waals surface area contributed by atoms with Gasteiger partial charge < -0.3 is 20.4 Å². The minimum absolute atomic E-state index is 0.148. The molecule has 1 aliphatic heterocycles. The van der Waals surface area contributed by atoms with E-state index < -0.39 is 11.9 Å². The third-order valence-electron chi connectivity index (χ3n) is 5.45. The number of allylic oxidation sites excluding steroid dienone is 2. The van der Waals surface area contributed by atoms with E-state index in [4.69, 9.17) is 31.4 Å². The van der Waals surface area contributed by atoms with Crippen molar-refractivity contribution in [3.8, 4) is 0 Å². The quantitative estimate of drug-likeness (QED) is 0.483. The van der Waals surface area contributed by atoms with Crippen LogP contribution in [0, 0.1) is 11.8 Å². The molecule has 1 aromatic carbocycles. The topological polar surface area (TPSA) is 107 Å². The van der Waals surface area contributed by atoms with Crippen LogP contribution in [0.4, 0.5) is 0 Å². The molecule has 1 saturated heterocycles. The van der Waals surface area contributed by atoms with Crippen molar-refractivity contribution >= 4 is 29.4 Å². The highest BCUT2D eigenvalue weighted by atomic mass is 35.5. The number of carbonyl (C=O) groups excluding carboxylic acids is 1. The molecule has 164 valence electrons. The molecular formula is C22H29ClN2O5. The number of nitrogens with zero attached hydrogens (tertiary/aromatic N) is 1. The smallest absolute Gasteiger partial charge is 0.414 e. The zero-order valence-electron chi connectivity index (χ0n) is 16.9. The van der Waals surface area contributed by atoms with Gasteiger partial charge in [0.25, 0.3) is 0 Å². The summed E-state index contributed by atoms with van der Waals surface area (Å²) < 4.78 is 0. The summed E-state index contributed by atoms with van der Waals surface area (Å²) in [6.07, 6.45) is 10.3. The third kappa shape index (κ3) is 8.16. The molecule has 2 aliphatic rings. The molecular weight excluding hydrogens is 408 g/mol. The van der Waals surface area contributed by atoms with Crippen molar-refractivity contribution in [3.63, 3.8) is 0 Å². The number of piperidine rings is 1. The van der Waals surface area contributed by atoms with E-state index in [9.17, 15) is 4.79 Å². The number of nitrogens with one attached hydrogen (secondary N) is 1. The highest BCUT2D eigenvalue weighted by Crippen LogP contribution is 2.23. The van der Waals surface area contributed by atoms with Crippen molar-refractivity contribution in [1.29, 1.82) is 0 Å². The Morgan fingerprint density at radius 1 is 1.03 bits per heavy atom. The Labute approximate surface area is 181 Å². The van der Waals surface area contributed by atoms with E-state index in [-0.39, 0.29) is 11.8 Å². The van der Waals surface area contributed by atoms with E-state index in [0.29, 0.717) is 11.6 Å². The summed E-state index contributed by atoms with van der Waals surface area (Å²) >= 11 is 6.14. The number of aliphatic carboxylic acids is 2. The number of carboxylic acid groups (broad SMARTS) is 2. The van der Waals surface area contributed by atoms with Crippen LogP contribution in [0.1, 0.15) is 37.7 Å². The van der Waals surface area contributed by atoms with Gasteiger partial charge >= 0.3 is 11.9 Å². The summed E-state index contributed by atoms with van der Waals surface area (Å²) in [6, 6.07) is 7.68. The van der Waals surface area contributed by atoms with E-state index in [2.05, 4.69) is 22.4 Å². The molecule has 30 heavy (non-hydrogen) atoms. The first-order valence-electron chi connectivity index (χ1n) is 10.2. The second-order valence-corrected chi connectivity index (χ2v) is 8.05. The number of hydrogen-bond acceptors (Lipinski definition) is 4. The van der Waals surface area contributed by atoms with Crippen LogP contribution in [0.2, 0.25) is 5.02 Å². The van der Waals surface area contributed by atoms with Gasteiger partial charge in [0, 0.05) is 24.0 Å². The van der Waals surface area contributed by atoms with Gasteiger partial charge in [0.2, 0.25) is 5.91 Å². The number of halogens is 1. The number of carboxylic acids is 2. The molecule has 3 rings (SSSR count). The molecule has 1 heterocycles. The zero-order valence-corrected chi connectivity index (χ0v) is 17.7. The van der Waals surface area contributed by atoms with Crippen molar-refractivity contribution in [3.05, 3.63) is 47.0 Å². The maximum atomic E-state index is 12.4. The Bertz CT molecular complexity index is 748. The van der Waals surface area contributed by atoms with Crippen LogP contribution in [-0.4, -0.2) is 52.6 Å². The van der Waals surface area contributed by atoms with E-state index in [0.717, 1.165) is 37.4 Å². The van der Waals surface area contributed by atoms with Crippen molar-refractivity contribution in [2.75, 3.05) is 19.6 Å². The minimum Gasteiger partial charge on any atom is -0.473 e. The van der Waals surface area contributed by atoms with Gasteiger partial charge in [-0.05, 0) is 62.7 Å². The lowest BCUT2D eigenvalue weighted by molar-refractivity contribution is -0.159. The van der Waals surface area contributed by atoms with Crippen LogP contribution in [-0.2, 0) is 20.9 Å². The summed E-state index contributed by atoms with van der Waals surface area (Å²) in [5.41, 5.74) is 0.982. The first-order valence-corrected chi connectivity index (χ1v) is 10.6. The Morgan fingerprint density at radius 2 is 1.70 bits per heavy atom. The fourth-order valence-corrected chi connectivity index (χ4v) is 3.94. The van der Waals surface area contributed by atoms with Crippen LogP contribution >= 0.6 is 11.6 Å². The highest BCUT2D eigenvalue weighted by Gasteiger charge is 2.26. The monoisotopic (exact) mass is 436 g/mol. The maximum absolute atomic E-state index is 12.4. The molecule has 8 heteroatoms.